The van der Waals surface area contributed by atoms with Gasteiger partial charge in [-0.05, 0) is 52.5 Å². The normalized spacial score (nSPS) is 28.4. The number of carbonyl (C=O) groups is 1. The minimum Gasteiger partial charge on any atom is -0.373 e. The summed E-state index contributed by atoms with van der Waals surface area (Å²) in [5, 5.41) is 7.77. The number of likely N-dealkylation sites (N-methyl/N-ethyl adjacent to an activating group) is 1. The number of morpholine rings is 1. The molecule has 162 valence electrons. The Balaban J connectivity index is 1.53. The Morgan fingerprint density at radius 3 is 2.76 bits per heavy atom. The molecule has 3 aliphatic heterocycles. The molecule has 4 rings (SSSR count). The van der Waals surface area contributed by atoms with Crippen molar-refractivity contribution < 1.29 is 9.53 Å². The van der Waals surface area contributed by atoms with Crippen LogP contribution < -0.4 is 5.32 Å². The number of rotatable bonds is 4. The summed E-state index contributed by atoms with van der Waals surface area (Å²) in [7, 11) is 4.13. The topological polar surface area (TPSA) is 65.9 Å². The molecule has 3 saturated heterocycles. The average Bonchev–Trinajstić information content (AvgIpc) is 3.06. The lowest BCUT2D eigenvalue weighted by molar-refractivity contribution is -0.153. The summed E-state index contributed by atoms with van der Waals surface area (Å²) in [5.41, 5.74) is 1.09. The third-order valence-electron chi connectivity index (χ3n) is 6.64. The molecule has 0 bridgehead atoms. The van der Waals surface area contributed by atoms with E-state index in [4.69, 9.17) is 4.74 Å². The third-order valence-corrected chi connectivity index (χ3v) is 6.64. The van der Waals surface area contributed by atoms with E-state index in [2.05, 4.69) is 32.2 Å². The molecule has 0 aliphatic carbocycles. The van der Waals surface area contributed by atoms with Gasteiger partial charge in [-0.15, -0.1) is 0 Å². The zero-order valence-corrected chi connectivity index (χ0v) is 17.9. The molecule has 0 aromatic carbocycles. The van der Waals surface area contributed by atoms with Gasteiger partial charge in [0.05, 0.1) is 24.9 Å². The van der Waals surface area contributed by atoms with Crippen molar-refractivity contribution in [2.45, 2.75) is 31.4 Å². The van der Waals surface area contributed by atoms with E-state index in [-0.39, 0.29) is 18.1 Å². The second kappa shape index (κ2) is 9.55. The average molecular weight is 405 g/mol. The Labute approximate surface area is 174 Å². The molecule has 0 unspecified atom stereocenters. The van der Waals surface area contributed by atoms with Gasteiger partial charge in [-0.2, -0.15) is 5.10 Å². The maximum atomic E-state index is 13.5. The van der Waals surface area contributed by atoms with Gasteiger partial charge in [-0.25, -0.2) is 0 Å². The number of ether oxygens (including phenoxy) is 1. The van der Waals surface area contributed by atoms with Gasteiger partial charge in [-0.1, -0.05) is 0 Å². The van der Waals surface area contributed by atoms with Crippen LogP contribution in [0, 0.1) is 5.92 Å². The van der Waals surface area contributed by atoms with Crippen molar-refractivity contribution in [2.24, 2.45) is 13.0 Å². The predicted molar refractivity (Wildman–Crippen MR) is 112 cm³/mol. The Hall–Kier alpha value is -1.48. The van der Waals surface area contributed by atoms with Gasteiger partial charge in [0.1, 0.15) is 0 Å². The molecular formula is C21H36N6O2. The van der Waals surface area contributed by atoms with Crippen LogP contribution in [0.4, 0.5) is 0 Å². The molecule has 2 atom stereocenters. The molecule has 3 fully saturated rings. The molecule has 1 aromatic heterocycles. The number of hydrogen-bond acceptors (Lipinski definition) is 6. The molecular weight excluding hydrogens is 368 g/mol. The van der Waals surface area contributed by atoms with Crippen molar-refractivity contribution in [1.29, 1.82) is 0 Å². The van der Waals surface area contributed by atoms with Crippen LogP contribution in [0.2, 0.25) is 0 Å². The second-order valence-corrected chi connectivity index (χ2v) is 8.81. The van der Waals surface area contributed by atoms with E-state index in [1.165, 1.54) is 6.42 Å². The fourth-order valence-corrected chi connectivity index (χ4v) is 4.96. The van der Waals surface area contributed by atoms with Crippen LogP contribution in [-0.4, -0.2) is 103 Å². The van der Waals surface area contributed by atoms with Gasteiger partial charge in [0, 0.05) is 50.9 Å². The summed E-state index contributed by atoms with van der Waals surface area (Å²) in [6.45, 7) is 8.39. The molecule has 1 N–H and O–H groups in total. The summed E-state index contributed by atoms with van der Waals surface area (Å²) >= 11 is 0. The predicted octanol–water partition coefficient (Wildman–Crippen LogP) is 0.326. The Kier molecular flexibility index (Phi) is 6.85. The van der Waals surface area contributed by atoms with Gasteiger partial charge in [0.25, 0.3) is 0 Å². The fourth-order valence-electron chi connectivity index (χ4n) is 4.96. The van der Waals surface area contributed by atoms with Crippen molar-refractivity contribution in [1.82, 2.24) is 29.8 Å². The fraction of sp³-hybridized carbons (Fsp3) is 0.810. The molecule has 0 spiro atoms. The summed E-state index contributed by atoms with van der Waals surface area (Å²) in [6, 6.07) is -0.0548. The number of carbonyl (C=O) groups excluding carboxylic acids is 1. The van der Waals surface area contributed by atoms with E-state index in [9.17, 15) is 4.79 Å². The summed E-state index contributed by atoms with van der Waals surface area (Å²) < 4.78 is 8.12. The number of aromatic nitrogens is 2. The van der Waals surface area contributed by atoms with Crippen LogP contribution >= 0.6 is 0 Å². The molecule has 29 heavy (non-hydrogen) atoms. The number of nitrogens with one attached hydrogen (secondary N) is 1. The zero-order chi connectivity index (χ0) is 20.2. The van der Waals surface area contributed by atoms with Gasteiger partial charge in [0.2, 0.25) is 5.91 Å². The maximum Gasteiger partial charge on any atom is 0.226 e. The van der Waals surface area contributed by atoms with Gasteiger partial charge in [0.15, 0.2) is 0 Å². The first-order valence-corrected chi connectivity index (χ1v) is 11.1. The maximum absolute atomic E-state index is 13.5. The van der Waals surface area contributed by atoms with Gasteiger partial charge < -0.3 is 19.9 Å². The van der Waals surface area contributed by atoms with E-state index >= 15 is 0 Å². The molecule has 8 nitrogen and oxygen atoms in total. The first-order valence-electron chi connectivity index (χ1n) is 11.1. The van der Waals surface area contributed by atoms with Gasteiger partial charge in [-0.3, -0.25) is 14.4 Å². The van der Waals surface area contributed by atoms with Crippen molar-refractivity contribution in [2.75, 3.05) is 66.0 Å². The first-order chi connectivity index (χ1) is 14.1. The lowest BCUT2D eigenvalue weighted by Crippen LogP contribution is -2.54. The van der Waals surface area contributed by atoms with Crippen molar-refractivity contribution >= 4 is 5.91 Å². The highest BCUT2D eigenvalue weighted by Gasteiger charge is 2.40. The minimum atomic E-state index is -0.0548. The number of piperidine rings is 1. The smallest absolute Gasteiger partial charge is 0.226 e. The number of aryl methyl sites for hydroxylation is 1. The van der Waals surface area contributed by atoms with E-state index in [0.717, 1.165) is 64.2 Å². The van der Waals surface area contributed by atoms with Crippen molar-refractivity contribution in [3.05, 3.63) is 18.0 Å². The van der Waals surface area contributed by atoms with Crippen LogP contribution in [0.5, 0.6) is 0 Å². The number of nitrogens with zero attached hydrogens (tertiary/aromatic N) is 5. The first kappa shape index (κ1) is 20.8. The Bertz CT molecular complexity index is 674. The van der Waals surface area contributed by atoms with Gasteiger partial charge >= 0.3 is 0 Å². The SMILES string of the molecule is CN1CCCN(C[C@@H]2OCCN(C(=O)C3CCNCC3)[C@H]2c2cnn(C)c2)CC1. The van der Waals surface area contributed by atoms with Crippen LogP contribution in [0.3, 0.4) is 0 Å². The van der Waals surface area contributed by atoms with Crippen LogP contribution in [0.25, 0.3) is 0 Å². The quantitative estimate of drug-likeness (QED) is 0.780. The van der Waals surface area contributed by atoms with E-state index in [1.54, 1.807) is 0 Å². The van der Waals surface area contributed by atoms with Crippen molar-refractivity contribution in [3.63, 3.8) is 0 Å². The molecule has 0 radical (unpaired) electrons. The monoisotopic (exact) mass is 404 g/mol. The summed E-state index contributed by atoms with van der Waals surface area (Å²) in [6.07, 6.45) is 6.98. The molecule has 3 aliphatic rings. The highest BCUT2D eigenvalue weighted by Crippen LogP contribution is 2.32. The molecule has 0 saturated carbocycles. The Morgan fingerprint density at radius 2 is 2.00 bits per heavy atom. The van der Waals surface area contributed by atoms with E-state index in [1.807, 2.05) is 24.1 Å². The second-order valence-electron chi connectivity index (χ2n) is 8.81. The number of amides is 1. The molecule has 8 heteroatoms. The highest BCUT2D eigenvalue weighted by molar-refractivity contribution is 5.79. The Morgan fingerprint density at radius 1 is 1.17 bits per heavy atom. The van der Waals surface area contributed by atoms with Crippen molar-refractivity contribution in [3.8, 4) is 0 Å². The summed E-state index contributed by atoms with van der Waals surface area (Å²) in [5.74, 6) is 0.422. The van der Waals surface area contributed by atoms with E-state index < -0.39 is 0 Å². The zero-order valence-electron chi connectivity index (χ0n) is 17.9. The number of hydrogen-bond donors (Lipinski definition) is 1. The van der Waals surface area contributed by atoms with Crippen LogP contribution in [-0.2, 0) is 16.6 Å². The molecule has 1 amide bonds. The third kappa shape index (κ3) is 4.99. The van der Waals surface area contributed by atoms with Crippen LogP contribution in [0.15, 0.2) is 12.4 Å². The molecule has 4 heterocycles. The highest BCUT2D eigenvalue weighted by atomic mass is 16.5. The lowest BCUT2D eigenvalue weighted by Gasteiger charge is -2.44. The minimum absolute atomic E-state index is 0.0120. The standard InChI is InChI=1S/C21H36N6O2/c1-24-8-3-9-26(11-10-24)16-19-20(18-14-23-25(2)15-18)27(12-13-29-19)21(28)17-4-6-22-7-5-17/h14-15,17,19-20,22H,3-13,16H2,1-2H3/t19-,20-/m0/s1. The molecule has 1 aromatic rings. The van der Waals surface area contributed by atoms with Crippen LogP contribution in [0.1, 0.15) is 30.9 Å². The summed E-state index contributed by atoms with van der Waals surface area (Å²) in [4.78, 5) is 20.5. The lowest BCUT2D eigenvalue weighted by atomic mass is 9.93. The largest absolute Gasteiger partial charge is 0.373 e. The van der Waals surface area contributed by atoms with E-state index in [0.29, 0.717) is 19.1 Å².